The number of unbranched alkanes of at least 4 members (excludes halogenated alkanes) is 2. The molecule has 2 fully saturated rings. The molecule has 35 heavy (non-hydrogen) atoms. The fraction of sp³-hybridized carbons (Fsp3) is 0.741. The number of fused-ring (bicyclic) bond motifs is 1. The van der Waals surface area contributed by atoms with Crippen molar-refractivity contribution >= 4 is 17.4 Å². The molecule has 9 atom stereocenters. The van der Waals surface area contributed by atoms with Crippen LogP contribution in [-0.2, 0) is 4.74 Å². The lowest BCUT2D eigenvalue weighted by molar-refractivity contribution is -0.117. The molecule has 0 radical (unpaired) electrons. The summed E-state index contributed by atoms with van der Waals surface area (Å²) in [6.07, 6.45) is 1.39. The van der Waals surface area contributed by atoms with Gasteiger partial charge in [-0.15, -0.1) is 0 Å². The van der Waals surface area contributed by atoms with Gasteiger partial charge < -0.3 is 30.7 Å². The quantitative estimate of drug-likeness (QED) is 0.421. The van der Waals surface area contributed by atoms with E-state index in [2.05, 4.69) is 13.8 Å². The van der Waals surface area contributed by atoms with Crippen LogP contribution >= 0.6 is 11.6 Å². The highest BCUT2D eigenvalue weighted by atomic mass is 35.5. The molecule has 0 amide bonds. The first-order valence-electron chi connectivity index (χ1n) is 13.1. The lowest BCUT2D eigenvalue weighted by Crippen LogP contribution is -2.51. The summed E-state index contributed by atoms with van der Waals surface area (Å²) >= 11 is 6.15. The normalized spacial score (nSPS) is 38.3. The van der Waals surface area contributed by atoms with Gasteiger partial charge in [0.25, 0.3) is 0 Å². The van der Waals surface area contributed by atoms with Gasteiger partial charge in [-0.05, 0) is 55.7 Å². The average molecular weight is 508 g/mol. The lowest BCUT2D eigenvalue weighted by atomic mass is 9.78. The zero-order valence-corrected chi connectivity index (χ0v) is 22.2. The third-order valence-electron chi connectivity index (χ3n) is 8.53. The minimum atomic E-state index is -1.65. The van der Waals surface area contributed by atoms with E-state index in [0.29, 0.717) is 35.5 Å². The Morgan fingerprint density at radius 1 is 1.34 bits per heavy atom. The summed E-state index contributed by atoms with van der Waals surface area (Å²) in [4.78, 5) is 6.94. The number of ether oxygens (including phenoxy) is 1. The van der Waals surface area contributed by atoms with E-state index in [1.54, 1.807) is 18.2 Å². The number of aliphatic imine (C=N–C) groups is 1. The second-order valence-corrected chi connectivity index (χ2v) is 11.5. The smallest absolute Gasteiger partial charge is 0.160 e. The van der Waals surface area contributed by atoms with E-state index < -0.39 is 30.1 Å². The van der Waals surface area contributed by atoms with Gasteiger partial charge in [-0.1, -0.05) is 56.8 Å². The molecule has 0 aliphatic carbocycles. The Morgan fingerprint density at radius 3 is 2.77 bits per heavy atom. The van der Waals surface area contributed by atoms with Gasteiger partial charge in [0.05, 0.1) is 0 Å². The molecule has 8 heteroatoms. The van der Waals surface area contributed by atoms with E-state index in [0.717, 1.165) is 24.2 Å². The van der Waals surface area contributed by atoms with E-state index in [-0.39, 0.29) is 12.0 Å². The molecule has 0 saturated carbocycles. The molecule has 7 nitrogen and oxygen atoms in total. The summed E-state index contributed by atoms with van der Waals surface area (Å²) in [6.45, 7) is 9.17. The monoisotopic (exact) mass is 507 g/mol. The number of rotatable bonds is 7. The van der Waals surface area contributed by atoms with Crippen molar-refractivity contribution in [1.82, 2.24) is 4.90 Å². The zero-order valence-electron chi connectivity index (χ0n) is 21.4. The van der Waals surface area contributed by atoms with Gasteiger partial charge >= 0.3 is 0 Å². The first-order valence-corrected chi connectivity index (χ1v) is 13.5. The molecule has 0 spiro atoms. The first kappa shape index (κ1) is 26.8. The maximum Gasteiger partial charge on any atom is 0.160 e. The summed E-state index contributed by atoms with van der Waals surface area (Å²) in [5.41, 5.74) is 6.61. The number of nitrogens with zero attached hydrogens (tertiary/aromatic N) is 2. The number of benzene rings is 1. The molecule has 5 N–H and O–H groups in total. The van der Waals surface area contributed by atoms with Crippen LogP contribution in [0.1, 0.15) is 70.1 Å². The van der Waals surface area contributed by atoms with Gasteiger partial charge in [0.1, 0.15) is 29.7 Å². The minimum absolute atomic E-state index is 0.00518. The Bertz CT molecular complexity index is 926. The van der Waals surface area contributed by atoms with Gasteiger partial charge in [-0.2, -0.15) is 0 Å². The predicted octanol–water partition coefficient (Wildman–Crippen LogP) is 3.41. The SMILES string of the molecule is CCCCCC1C(C)CN=C2C(CCN2[C@@H]2O[C@H]([C@H](O)c3ccc(Cl)c(C)c3)[C@@](C)(O)[C@H]2O)C1N. The maximum absolute atomic E-state index is 11.3. The van der Waals surface area contributed by atoms with Crippen LogP contribution < -0.4 is 5.73 Å². The molecule has 3 aliphatic heterocycles. The topological polar surface area (TPSA) is 112 Å². The van der Waals surface area contributed by atoms with Gasteiger partial charge in [0.15, 0.2) is 6.23 Å². The predicted molar refractivity (Wildman–Crippen MR) is 138 cm³/mol. The highest BCUT2D eigenvalue weighted by Crippen LogP contribution is 2.43. The fourth-order valence-electron chi connectivity index (χ4n) is 6.21. The number of likely N-dealkylation sites (tertiary alicyclic amines) is 1. The fourth-order valence-corrected chi connectivity index (χ4v) is 6.32. The summed E-state index contributed by atoms with van der Waals surface area (Å²) in [5, 5.41) is 34.2. The van der Waals surface area contributed by atoms with Crippen molar-refractivity contribution in [1.29, 1.82) is 0 Å². The van der Waals surface area contributed by atoms with Crippen molar-refractivity contribution in [2.45, 2.75) is 96.0 Å². The van der Waals surface area contributed by atoms with Crippen molar-refractivity contribution in [2.75, 3.05) is 13.1 Å². The largest absolute Gasteiger partial charge is 0.386 e. The van der Waals surface area contributed by atoms with Crippen LogP contribution in [0.4, 0.5) is 0 Å². The second-order valence-electron chi connectivity index (χ2n) is 11.1. The molecule has 0 bridgehead atoms. The Balaban J connectivity index is 1.54. The minimum Gasteiger partial charge on any atom is -0.386 e. The van der Waals surface area contributed by atoms with Gasteiger partial charge in [-0.25, -0.2) is 0 Å². The van der Waals surface area contributed by atoms with Crippen LogP contribution in [-0.4, -0.2) is 69.2 Å². The number of nitrogens with two attached hydrogens (primary N) is 1. The van der Waals surface area contributed by atoms with E-state index in [1.165, 1.54) is 26.2 Å². The highest BCUT2D eigenvalue weighted by molar-refractivity contribution is 6.31. The van der Waals surface area contributed by atoms with Gasteiger partial charge in [0.2, 0.25) is 0 Å². The van der Waals surface area contributed by atoms with E-state index in [4.69, 9.17) is 27.1 Å². The molecule has 196 valence electrons. The number of hydrogen-bond donors (Lipinski definition) is 4. The highest BCUT2D eigenvalue weighted by Gasteiger charge is 2.58. The molecular formula is C27H42ClN3O4. The van der Waals surface area contributed by atoms with E-state index >= 15 is 0 Å². The number of aliphatic hydroxyl groups is 3. The number of hydrogen-bond acceptors (Lipinski definition) is 7. The molecule has 1 aromatic rings. The summed E-state index contributed by atoms with van der Waals surface area (Å²) in [5.74, 6) is 1.78. The van der Waals surface area contributed by atoms with Crippen LogP contribution in [0, 0.1) is 24.7 Å². The summed E-state index contributed by atoms with van der Waals surface area (Å²) in [7, 11) is 0. The molecule has 4 rings (SSSR count). The van der Waals surface area contributed by atoms with Crippen molar-refractivity contribution in [3.8, 4) is 0 Å². The molecule has 3 heterocycles. The van der Waals surface area contributed by atoms with Crippen molar-refractivity contribution < 1.29 is 20.1 Å². The molecule has 1 aromatic carbocycles. The third kappa shape index (κ3) is 5.00. The Hall–Kier alpha value is -1.22. The van der Waals surface area contributed by atoms with Crippen molar-refractivity contribution in [3.05, 3.63) is 34.3 Å². The Kier molecular flexibility index (Phi) is 8.16. The van der Waals surface area contributed by atoms with E-state index in [1.807, 2.05) is 11.8 Å². The number of aliphatic hydroxyl groups excluding tert-OH is 2. The first-order chi connectivity index (χ1) is 16.6. The van der Waals surface area contributed by atoms with Crippen LogP contribution in [0.3, 0.4) is 0 Å². The van der Waals surface area contributed by atoms with Crippen LogP contribution in [0.15, 0.2) is 23.2 Å². The van der Waals surface area contributed by atoms with Crippen LogP contribution in [0.5, 0.6) is 0 Å². The van der Waals surface area contributed by atoms with Crippen LogP contribution in [0.2, 0.25) is 5.02 Å². The molecule has 2 saturated heterocycles. The summed E-state index contributed by atoms with van der Waals surface area (Å²) in [6, 6.07) is 5.23. The molecule has 3 aliphatic rings. The third-order valence-corrected chi connectivity index (χ3v) is 8.95. The lowest BCUT2D eigenvalue weighted by Gasteiger charge is -2.32. The second kappa shape index (κ2) is 10.6. The van der Waals surface area contributed by atoms with E-state index in [9.17, 15) is 15.3 Å². The number of amidine groups is 1. The Labute approximate surface area is 214 Å². The molecule has 4 unspecified atom stereocenters. The number of halogens is 1. The Morgan fingerprint density at radius 2 is 2.09 bits per heavy atom. The molecule has 0 aromatic heterocycles. The average Bonchev–Trinajstić information content (AvgIpc) is 3.30. The van der Waals surface area contributed by atoms with Crippen molar-refractivity contribution in [2.24, 2.45) is 28.5 Å². The maximum atomic E-state index is 11.3. The van der Waals surface area contributed by atoms with Crippen LogP contribution in [0.25, 0.3) is 0 Å². The van der Waals surface area contributed by atoms with Gasteiger partial charge in [0, 0.05) is 30.1 Å². The van der Waals surface area contributed by atoms with Gasteiger partial charge in [-0.3, -0.25) is 4.99 Å². The van der Waals surface area contributed by atoms with Crippen molar-refractivity contribution in [3.63, 3.8) is 0 Å². The number of aryl methyl sites for hydroxylation is 1. The summed E-state index contributed by atoms with van der Waals surface area (Å²) < 4.78 is 6.24. The zero-order chi connectivity index (χ0) is 25.5. The standard InChI is InChI=1S/C27H42ClN3O4/c1-5-6-7-8-18-16(3)14-30-25-19(21(18)29)11-12-31(25)26-23(33)27(4,34)24(35-26)22(32)17-9-10-20(28)15(2)13-17/h9-10,13,16,18-19,21-24,26,32-34H,5-8,11-12,14,29H2,1-4H3/t16?,18?,19?,21?,22-,23+,24-,26-,27+/m1/s1. The molecular weight excluding hydrogens is 466 g/mol.